The maximum absolute atomic E-state index is 12.5. The van der Waals surface area contributed by atoms with E-state index in [0.717, 1.165) is 17.3 Å². The summed E-state index contributed by atoms with van der Waals surface area (Å²) in [6.45, 7) is 4.61. The molecule has 22 heavy (non-hydrogen) atoms. The zero-order chi connectivity index (χ0) is 15.9. The van der Waals surface area contributed by atoms with E-state index in [1.807, 2.05) is 18.2 Å². The fourth-order valence-electron chi connectivity index (χ4n) is 2.29. The van der Waals surface area contributed by atoms with Crippen molar-refractivity contribution >= 4 is 27.9 Å². The largest absolute Gasteiger partial charge is 0.449 e. The van der Waals surface area contributed by atoms with Gasteiger partial charge in [-0.05, 0) is 34.5 Å². The molecule has 5 nitrogen and oxygen atoms in total. The topological polar surface area (TPSA) is 49.9 Å². The molecule has 0 saturated carbocycles. The zero-order valence-corrected chi connectivity index (χ0v) is 14.3. The summed E-state index contributed by atoms with van der Waals surface area (Å²) >= 11 is 3.40. The third kappa shape index (κ3) is 4.22. The van der Waals surface area contributed by atoms with Crippen molar-refractivity contribution in [1.29, 1.82) is 0 Å². The van der Waals surface area contributed by atoms with Crippen molar-refractivity contribution in [1.82, 2.24) is 9.80 Å². The fraction of sp³-hybridized carbons (Fsp3) is 0.500. The first-order valence-electron chi connectivity index (χ1n) is 7.59. The Balaban J connectivity index is 1.85. The molecule has 6 heteroatoms. The number of piperazine rings is 1. The average molecular weight is 369 g/mol. The lowest BCUT2D eigenvalue weighted by Crippen LogP contribution is -2.50. The molecule has 0 atom stereocenters. The van der Waals surface area contributed by atoms with Crippen molar-refractivity contribution in [3.63, 3.8) is 0 Å². The molecule has 2 rings (SSSR count). The van der Waals surface area contributed by atoms with Crippen molar-refractivity contribution in [2.45, 2.75) is 19.8 Å². The summed E-state index contributed by atoms with van der Waals surface area (Å²) in [7, 11) is 0. The molecule has 120 valence electrons. The highest BCUT2D eigenvalue weighted by atomic mass is 79.9. The first kappa shape index (κ1) is 16.8. The van der Waals surface area contributed by atoms with Crippen LogP contribution in [0.1, 0.15) is 30.1 Å². The number of nitrogens with zero attached hydrogens (tertiary/aromatic N) is 2. The molecule has 0 N–H and O–H groups in total. The van der Waals surface area contributed by atoms with Crippen LogP contribution in [0, 0.1) is 0 Å². The summed E-state index contributed by atoms with van der Waals surface area (Å²) in [6.07, 6.45) is 1.61. The zero-order valence-electron chi connectivity index (χ0n) is 12.8. The third-order valence-electron chi connectivity index (χ3n) is 3.65. The van der Waals surface area contributed by atoms with E-state index in [0.29, 0.717) is 38.3 Å². The van der Waals surface area contributed by atoms with Crippen molar-refractivity contribution < 1.29 is 14.3 Å². The Hall–Kier alpha value is -1.56. The Kier molecular flexibility index (Phi) is 6.24. The normalized spacial score (nSPS) is 14.8. The average Bonchev–Trinajstić information content (AvgIpc) is 2.55. The molecule has 1 heterocycles. The van der Waals surface area contributed by atoms with Crippen molar-refractivity contribution in [2.75, 3.05) is 32.8 Å². The second kappa shape index (κ2) is 8.17. The number of benzene rings is 1. The minimum Gasteiger partial charge on any atom is -0.449 e. The van der Waals surface area contributed by atoms with Gasteiger partial charge in [-0.3, -0.25) is 4.79 Å². The van der Waals surface area contributed by atoms with Crippen LogP contribution in [0.25, 0.3) is 0 Å². The number of halogens is 1. The van der Waals surface area contributed by atoms with Crippen LogP contribution in [0.2, 0.25) is 0 Å². The molecule has 1 aliphatic rings. The molecule has 0 spiro atoms. The molecular formula is C16H21BrN2O3. The minimum absolute atomic E-state index is 0.00789. The van der Waals surface area contributed by atoms with Gasteiger partial charge in [0.05, 0.1) is 12.2 Å². The van der Waals surface area contributed by atoms with E-state index < -0.39 is 0 Å². The van der Waals surface area contributed by atoms with Gasteiger partial charge < -0.3 is 14.5 Å². The Bertz CT molecular complexity index is 528. The Morgan fingerprint density at radius 1 is 1.14 bits per heavy atom. The number of carbonyl (C=O) groups excluding carboxylic acids is 2. The van der Waals surface area contributed by atoms with E-state index in [4.69, 9.17) is 4.74 Å². The van der Waals surface area contributed by atoms with Gasteiger partial charge >= 0.3 is 6.09 Å². The van der Waals surface area contributed by atoms with Gasteiger partial charge in [-0.15, -0.1) is 0 Å². The summed E-state index contributed by atoms with van der Waals surface area (Å²) in [5, 5.41) is 0. The SMILES string of the molecule is CCCCOC(=O)N1CCN(C(=O)c2ccccc2Br)CC1. The third-order valence-corrected chi connectivity index (χ3v) is 4.34. The molecule has 0 aliphatic carbocycles. The maximum Gasteiger partial charge on any atom is 0.409 e. The highest BCUT2D eigenvalue weighted by molar-refractivity contribution is 9.10. The van der Waals surface area contributed by atoms with Gasteiger partial charge in [0.15, 0.2) is 0 Å². The van der Waals surface area contributed by atoms with Crippen LogP contribution < -0.4 is 0 Å². The highest BCUT2D eigenvalue weighted by Gasteiger charge is 2.26. The predicted octanol–water partition coefficient (Wildman–Crippen LogP) is 3.14. The van der Waals surface area contributed by atoms with Crippen LogP contribution in [0.15, 0.2) is 28.7 Å². The second-order valence-corrected chi connectivity index (χ2v) is 6.08. The first-order chi connectivity index (χ1) is 10.6. The molecule has 1 aliphatic heterocycles. The Labute approximate surface area is 139 Å². The quantitative estimate of drug-likeness (QED) is 0.767. The molecule has 2 amide bonds. The monoisotopic (exact) mass is 368 g/mol. The number of unbranched alkanes of at least 4 members (excludes halogenated alkanes) is 1. The molecule has 0 radical (unpaired) electrons. The first-order valence-corrected chi connectivity index (χ1v) is 8.38. The summed E-state index contributed by atoms with van der Waals surface area (Å²) < 4.78 is 5.99. The number of carbonyl (C=O) groups is 2. The van der Waals surface area contributed by atoms with Gasteiger partial charge in [-0.2, -0.15) is 0 Å². The van der Waals surface area contributed by atoms with Gasteiger partial charge in [0.2, 0.25) is 0 Å². The molecule has 1 aromatic carbocycles. The van der Waals surface area contributed by atoms with Crippen LogP contribution in [0.4, 0.5) is 4.79 Å². The molecule has 0 unspecified atom stereocenters. The van der Waals surface area contributed by atoms with Gasteiger partial charge in [-0.1, -0.05) is 25.5 Å². The smallest absolute Gasteiger partial charge is 0.409 e. The number of amides is 2. The molecule has 1 saturated heterocycles. The molecular weight excluding hydrogens is 348 g/mol. The standard InChI is InChI=1S/C16H21BrN2O3/c1-2-3-12-22-16(21)19-10-8-18(9-11-19)15(20)13-6-4-5-7-14(13)17/h4-7H,2-3,8-12H2,1H3. The van der Waals surface area contributed by atoms with Crippen LogP contribution in [0.3, 0.4) is 0 Å². The van der Waals surface area contributed by atoms with E-state index in [2.05, 4.69) is 22.9 Å². The van der Waals surface area contributed by atoms with Crippen LogP contribution >= 0.6 is 15.9 Å². The molecule has 0 aromatic heterocycles. The van der Waals surface area contributed by atoms with Gasteiger partial charge in [-0.25, -0.2) is 4.79 Å². The Morgan fingerprint density at radius 3 is 2.41 bits per heavy atom. The fourth-order valence-corrected chi connectivity index (χ4v) is 2.75. The van der Waals surface area contributed by atoms with Crippen molar-refractivity contribution in [3.8, 4) is 0 Å². The molecule has 1 aromatic rings. The second-order valence-electron chi connectivity index (χ2n) is 5.23. The highest BCUT2D eigenvalue weighted by Crippen LogP contribution is 2.18. The lowest BCUT2D eigenvalue weighted by Gasteiger charge is -2.34. The number of hydrogen-bond acceptors (Lipinski definition) is 3. The summed E-state index contributed by atoms with van der Waals surface area (Å²) in [6, 6.07) is 7.39. The Morgan fingerprint density at radius 2 is 1.77 bits per heavy atom. The maximum atomic E-state index is 12.5. The lowest BCUT2D eigenvalue weighted by atomic mass is 10.2. The summed E-state index contributed by atoms with van der Waals surface area (Å²) in [4.78, 5) is 27.8. The van der Waals surface area contributed by atoms with Crippen molar-refractivity contribution in [2.24, 2.45) is 0 Å². The van der Waals surface area contributed by atoms with E-state index in [-0.39, 0.29) is 12.0 Å². The summed E-state index contributed by atoms with van der Waals surface area (Å²) in [5.41, 5.74) is 0.654. The number of rotatable bonds is 4. The van der Waals surface area contributed by atoms with E-state index in [9.17, 15) is 9.59 Å². The molecule has 0 bridgehead atoms. The summed E-state index contributed by atoms with van der Waals surface area (Å²) in [5.74, 6) is -0.00789. The number of ether oxygens (including phenoxy) is 1. The van der Waals surface area contributed by atoms with Gasteiger partial charge in [0.1, 0.15) is 0 Å². The van der Waals surface area contributed by atoms with Crippen molar-refractivity contribution in [3.05, 3.63) is 34.3 Å². The van der Waals surface area contributed by atoms with Gasteiger partial charge in [0, 0.05) is 30.7 Å². The number of hydrogen-bond donors (Lipinski definition) is 0. The van der Waals surface area contributed by atoms with Gasteiger partial charge in [0.25, 0.3) is 5.91 Å². The van der Waals surface area contributed by atoms with Crippen LogP contribution in [-0.4, -0.2) is 54.6 Å². The lowest BCUT2D eigenvalue weighted by molar-refractivity contribution is 0.0557. The molecule has 1 fully saturated rings. The minimum atomic E-state index is -0.276. The van der Waals surface area contributed by atoms with E-state index in [1.54, 1.807) is 15.9 Å². The van der Waals surface area contributed by atoms with E-state index in [1.165, 1.54) is 0 Å². The van der Waals surface area contributed by atoms with Crippen LogP contribution in [-0.2, 0) is 4.74 Å². The van der Waals surface area contributed by atoms with Crippen LogP contribution in [0.5, 0.6) is 0 Å². The van der Waals surface area contributed by atoms with E-state index >= 15 is 0 Å². The predicted molar refractivity (Wildman–Crippen MR) is 87.9 cm³/mol.